The van der Waals surface area contributed by atoms with Crippen LogP contribution in [0.3, 0.4) is 0 Å². The number of anilines is 1. The van der Waals surface area contributed by atoms with Gasteiger partial charge in [0.25, 0.3) is 5.91 Å². The zero-order chi connectivity index (χ0) is 24.5. The van der Waals surface area contributed by atoms with E-state index >= 15 is 0 Å². The number of rotatable bonds is 8. The number of aryl methyl sites for hydroxylation is 1. The molecule has 0 saturated carbocycles. The fraction of sp³-hybridized carbons (Fsp3) is 0.273. The normalized spacial score (nSPS) is 11.9. The minimum atomic E-state index is -3.00. The molecule has 8 nitrogen and oxygen atoms in total. The van der Waals surface area contributed by atoms with Crippen molar-refractivity contribution in [3.63, 3.8) is 0 Å². The van der Waals surface area contributed by atoms with Gasteiger partial charge in [0.05, 0.1) is 23.8 Å². The molecule has 1 aromatic carbocycles. The van der Waals surface area contributed by atoms with E-state index in [2.05, 4.69) is 56.1 Å². The standard InChI is InChI=1S/C22H23BrF2N6O2Si/c1-34(2,3)10-9-30-19(15-11-14(23)5-6-18(15)33-22(24)25)17(13-28-30)29-21(32)16-12-27-31-8-4-7-26-20(16)31/h4-8,11-13,22H,9-10H2,1-3H3,(H,29,32). The minimum absolute atomic E-state index is 0.0129. The number of fused-ring (bicyclic) bond motifs is 1. The van der Waals surface area contributed by atoms with Gasteiger partial charge in [0.1, 0.15) is 11.3 Å². The predicted molar refractivity (Wildman–Crippen MR) is 131 cm³/mol. The van der Waals surface area contributed by atoms with Crippen LogP contribution >= 0.6 is 15.9 Å². The number of amides is 1. The Morgan fingerprint density at radius 3 is 2.76 bits per heavy atom. The summed E-state index contributed by atoms with van der Waals surface area (Å²) in [6, 6.07) is 7.37. The number of ether oxygens (including phenoxy) is 1. The second-order valence-corrected chi connectivity index (χ2v) is 15.4. The third-order valence-electron chi connectivity index (χ3n) is 5.10. The van der Waals surface area contributed by atoms with Crippen LogP contribution in [-0.2, 0) is 6.54 Å². The fourth-order valence-electron chi connectivity index (χ4n) is 3.43. The quantitative estimate of drug-likeness (QED) is 0.292. The number of hydrogen-bond acceptors (Lipinski definition) is 5. The molecule has 1 N–H and O–H groups in total. The summed E-state index contributed by atoms with van der Waals surface area (Å²) in [6.45, 7) is 4.28. The zero-order valence-electron chi connectivity index (χ0n) is 18.8. The highest BCUT2D eigenvalue weighted by Gasteiger charge is 2.24. The van der Waals surface area contributed by atoms with Crippen molar-refractivity contribution in [2.45, 2.75) is 38.8 Å². The van der Waals surface area contributed by atoms with Gasteiger partial charge in [-0.1, -0.05) is 35.6 Å². The monoisotopic (exact) mass is 548 g/mol. The van der Waals surface area contributed by atoms with Crippen LogP contribution in [0.5, 0.6) is 5.75 Å². The van der Waals surface area contributed by atoms with E-state index in [0.717, 1.165) is 6.04 Å². The third-order valence-corrected chi connectivity index (χ3v) is 7.31. The van der Waals surface area contributed by atoms with Gasteiger partial charge in [-0.2, -0.15) is 19.0 Å². The number of carbonyl (C=O) groups is 1. The summed E-state index contributed by atoms with van der Waals surface area (Å²) in [5, 5.41) is 11.5. The molecule has 0 fully saturated rings. The average molecular weight is 549 g/mol. The molecular weight excluding hydrogens is 526 g/mol. The van der Waals surface area contributed by atoms with Gasteiger partial charge < -0.3 is 10.1 Å². The molecule has 4 rings (SSSR count). The number of alkyl halides is 2. The smallest absolute Gasteiger partial charge is 0.387 e. The maximum atomic E-state index is 13.2. The average Bonchev–Trinajstić information content (AvgIpc) is 3.37. The molecular formula is C22H23BrF2N6O2Si. The third kappa shape index (κ3) is 5.33. The van der Waals surface area contributed by atoms with Crippen molar-refractivity contribution in [3.05, 3.63) is 59.1 Å². The van der Waals surface area contributed by atoms with Crippen LogP contribution < -0.4 is 10.1 Å². The largest absolute Gasteiger partial charge is 0.434 e. The van der Waals surface area contributed by atoms with Crippen LogP contribution in [-0.4, -0.2) is 45.0 Å². The molecule has 34 heavy (non-hydrogen) atoms. The molecule has 0 saturated heterocycles. The maximum absolute atomic E-state index is 13.2. The van der Waals surface area contributed by atoms with Crippen LogP contribution in [0.1, 0.15) is 10.4 Å². The Labute approximate surface area is 204 Å². The molecule has 0 aliphatic carbocycles. The van der Waals surface area contributed by atoms with E-state index in [1.807, 2.05) is 0 Å². The van der Waals surface area contributed by atoms with Crippen LogP contribution in [0.15, 0.2) is 53.5 Å². The van der Waals surface area contributed by atoms with E-state index in [1.54, 1.807) is 35.3 Å². The summed E-state index contributed by atoms with van der Waals surface area (Å²) in [7, 11) is -1.44. The summed E-state index contributed by atoms with van der Waals surface area (Å²) in [5.41, 5.74) is 1.91. The highest BCUT2D eigenvalue weighted by atomic mass is 79.9. The van der Waals surface area contributed by atoms with Crippen molar-refractivity contribution in [3.8, 4) is 17.0 Å². The van der Waals surface area contributed by atoms with E-state index in [4.69, 9.17) is 4.74 Å². The van der Waals surface area contributed by atoms with Crippen LogP contribution in [0.4, 0.5) is 14.5 Å². The molecule has 4 aromatic rings. The van der Waals surface area contributed by atoms with E-state index in [1.165, 1.54) is 23.0 Å². The predicted octanol–water partition coefficient (Wildman–Crippen LogP) is 5.55. The Morgan fingerprint density at radius 2 is 2.03 bits per heavy atom. The number of nitrogens with one attached hydrogen (secondary N) is 1. The van der Waals surface area contributed by atoms with Crippen LogP contribution in [0.25, 0.3) is 16.9 Å². The molecule has 178 valence electrons. The molecule has 0 radical (unpaired) electrons. The Bertz CT molecular complexity index is 1330. The van der Waals surface area contributed by atoms with Crippen molar-refractivity contribution in [2.24, 2.45) is 0 Å². The Kier molecular flexibility index (Phi) is 6.80. The molecule has 0 atom stereocenters. The Balaban J connectivity index is 1.77. The lowest BCUT2D eigenvalue weighted by molar-refractivity contribution is -0.0494. The van der Waals surface area contributed by atoms with Gasteiger partial charge in [-0.25, -0.2) is 9.50 Å². The molecule has 3 aromatic heterocycles. The van der Waals surface area contributed by atoms with Gasteiger partial charge in [-0.15, -0.1) is 0 Å². The Hall–Kier alpha value is -3.12. The maximum Gasteiger partial charge on any atom is 0.387 e. The molecule has 3 heterocycles. The lowest BCUT2D eigenvalue weighted by atomic mass is 10.1. The number of carbonyl (C=O) groups excluding carboxylic acids is 1. The van der Waals surface area contributed by atoms with Crippen LogP contribution in [0.2, 0.25) is 25.7 Å². The topological polar surface area (TPSA) is 86.3 Å². The van der Waals surface area contributed by atoms with Crippen molar-refractivity contribution < 1.29 is 18.3 Å². The Morgan fingerprint density at radius 1 is 1.24 bits per heavy atom. The minimum Gasteiger partial charge on any atom is -0.434 e. The van der Waals surface area contributed by atoms with Gasteiger partial charge in [0, 0.05) is 37.0 Å². The molecule has 12 heteroatoms. The first kappa shape index (κ1) is 24.0. The highest BCUT2D eigenvalue weighted by molar-refractivity contribution is 9.10. The summed E-state index contributed by atoms with van der Waals surface area (Å²) >= 11 is 3.41. The van der Waals surface area contributed by atoms with Crippen molar-refractivity contribution in [1.29, 1.82) is 0 Å². The summed E-state index contributed by atoms with van der Waals surface area (Å²) in [6.07, 6.45) is 6.21. The van der Waals surface area contributed by atoms with E-state index in [-0.39, 0.29) is 11.3 Å². The van der Waals surface area contributed by atoms with Crippen LogP contribution in [0, 0.1) is 0 Å². The first-order valence-electron chi connectivity index (χ1n) is 10.5. The van der Waals surface area contributed by atoms with E-state index < -0.39 is 20.6 Å². The van der Waals surface area contributed by atoms with Gasteiger partial charge in [-0.05, 0) is 30.3 Å². The molecule has 0 bridgehead atoms. The highest BCUT2D eigenvalue weighted by Crippen LogP contribution is 2.38. The second kappa shape index (κ2) is 9.62. The molecule has 0 aliphatic rings. The number of halogens is 3. The van der Waals surface area contributed by atoms with Gasteiger partial charge in [0.2, 0.25) is 0 Å². The van der Waals surface area contributed by atoms with Crippen molar-refractivity contribution in [1.82, 2.24) is 24.4 Å². The fourth-order valence-corrected chi connectivity index (χ4v) is 4.68. The molecule has 0 aliphatic heterocycles. The van der Waals surface area contributed by atoms with E-state index in [9.17, 15) is 13.6 Å². The lowest BCUT2D eigenvalue weighted by Gasteiger charge is -2.18. The number of benzene rings is 1. The number of hydrogen-bond donors (Lipinski definition) is 1. The first-order chi connectivity index (χ1) is 16.1. The van der Waals surface area contributed by atoms with Gasteiger partial charge >= 0.3 is 6.61 Å². The zero-order valence-corrected chi connectivity index (χ0v) is 21.4. The summed E-state index contributed by atoms with van der Waals surface area (Å²) in [5.74, 6) is -0.452. The van der Waals surface area contributed by atoms with Crippen molar-refractivity contribution >= 4 is 41.2 Å². The van der Waals surface area contributed by atoms with E-state index in [0.29, 0.717) is 33.6 Å². The molecule has 1 amide bonds. The lowest BCUT2D eigenvalue weighted by Crippen LogP contribution is -2.22. The van der Waals surface area contributed by atoms with Gasteiger partial charge in [0.15, 0.2) is 5.65 Å². The molecule has 0 unspecified atom stereocenters. The summed E-state index contributed by atoms with van der Waals surface area (Å²) in [4.78, 5) is 17.4. The molecule has 0 spiro atoms. The van der Waals surface area contributed by atoms with Gasteiger partial charge in [-0.3, -0.25) is 9.48 Å². The van der Waals surface area contributed by atoms with Crippen molar-refractivity contribution in [2.75, 3.05) is 5.32 Å². The summed E-state index contributed by atoms with van der Waals surface area (Å²) < 4.78 is 35.0. The number of nitrogens with zero attached hydrogens (tertiary/aromatic N) is 5. The first-order valence-corrected chi connectivity index (χ1v) is 15.0. The second-order valence-electron chi connectivity index (χ2n) is 8.86. The SMILES string of the molecule is C[Si](C)(C)CCn1ncc(NC(=O)c2cnn3cccnc23)c1-c1cc(Br)ccc1OC(F)F. The number of aromatic nitrogens is 5.